The van der Waals surface area contributed by atoms with Crippen molar-refractivity contribution in [1.29, 1.82) is 0 Å². The molecule has 0 spiro atoms. The zero-order valence-corrected chi connectivity index (χ0v) is 9.77. The summed E-state index contributed by atoms with van der Waals surface area (Å²) in [5.74, 6) is 0.811. The second kappa shape index (κ2) is 3.50. The number of anilines is 1. The van der Waals surface area contributed by atoms with E-state index in [-0.39, 0.29) is 0 Å². The normalized spacial score (nSPS) is 17.3. The molecule has 0 bridgehead atoms. The second-order valence-corrected chi connectivity index (χ2v) is 4.78. The van der Waals surface area contributed by atoms with Gasteiger partial charge < -0.3 is 4.90 Å². The van der Waals surface area contributed by atoms with Crippen LogP contribution in [0, 0.1) is 5.92 Å². The summed E-state index contributed by atoms with van der Waals surface area (Å²) in [5.41, 5.74) is 1.21. The number of hydrogen-bond acceptors (Lipinski definition) is 1. The first kappa shape index (κ1) is 9.35. The highest BCUT2D eigenvalue weighted by atomic mass is 79.9. The molecule has 1 aromatic carbocycles. The third-order valence-electron chi connectivity index (χ3n) is 2.34. The molecule has 1 aromatic rings. The van der Waals surface area contributed by atoms with Gasteiger partial charge in [0.2, 0.25) is 0 Å². The number of hydrogen-bond donors (Lipinski definition) is 0. The lowest BCUT2D eigenvalue weighted by molar-refractivity contribution is 0.447. The summed E-state index contributed by atoms with van der Waals surface area (Å²) in [5, 5.41) is 0.789. The van der Waals surface area contributed by atoms with Gasteiger partial charge in [0.05, 0.1) is 15.2 Å². The Morgan fingerprint density at radius 2 is 2.15 bits per heavy atom. The molecule has 0 unspecified atom stereocenters. The van der Waals surface area contributed by atoms with Crippen LogP contribution in [0.2, 0.25) is 5.02 Å². The largest absolute Gasteiger partial charge is 0.370 e. The van der Waals surface area contributed by atoms with E-state index in [0.29, 0.717) is 0 Å². The SMILES string of the molecule is CC1CN(c2cccc(Cl)c2Br)C1. The molecule has 1 aliphatic heterocycles. The van der Waals surface area contributed by atoms with E-state index in [0.717, 1.165) is 28.5 Å². The molecular formula is C10H11BrClN. The fourth-order valence-corrected chi connectivity index (χ4v) is 2.32. The van der Waals surface area contributed by atoms with E-state index >= 15 is 0 Å². The highest BCUT2D eigenvalue weighted by Gasteiger charge is 2.24. The highest BCUT2D eigenvalue weighted by Crippen LogP contribution is 2.35. The third-order valence-corrected chi connectivity index (χ3v) is 3.71. The first-order valence-electron chi connectivity index (χ1n) is 4.37. The summed E-state index contributed by atoms with van der Waals surface area (Å²) < 4.78 is 1.02. The van der Waals surface area contributed by atoms with Crippen LogP contribution in [0.3, 0.4) is 0 Å². The monoisotopic (exact) mass is 259 g/mol. The van der Waals surface area contributed by atoms with Gasteiger partial charge in [-0.25, -0.2) is 0 Å². The molecule has 1 nitrogen and oxygen atoms in total. The minimum Gasteiger partial charge on any atom is -0.370 e. The van der Waals surface area contributed by atoms with E-state index in [9.17, 15) is 0 Å². The summed E-state index contributed by atoms with van der Waals surface area (Å²) >= 11 is 9.50. The average molecular weight is 261 g/mol. The van der Waals surface area contributed by atoms with Gasteiger partial charge in [-0.2, -0.15) is 0 Å². The lowest BCUT2D eigenvalue weighted by atomic mass is 10.0. The molecule has 70 valence electrons. The molecule has 1 heterocycles. The topological polar surface area (TPSA) is 3.24 Å². The van der Waals surface area contributed by atoms with E-state index in [2.05, 4.69) is 33.8 Å². The summed E-state index contributed by atoms with van der Waals surface area (Å²) in [6.07, 6.45) is 0. The Balaban J connectivity index is 2.26. The van der Waals surface area contributed by atoms with Crippen molar-refractivity contribution >= 4 is 33.2 Å². The average Bonchev–Trinajstić information content (AvgIpc) is 2.05. The van der Waals surface area contributed by atoms with Gasteiger partial charge in [-0.1, -0.05) is 24.6 Å². The lowest BCUT2D eigenvalue weighted by Gasteiger charge is -2.39. The predicted molar refractivity (Wildman–Crippen MR) is 60.5 cm³/mol. The number of halogens is 2. The molecule has 1 aliphatic rings. The van der Waals surface area contributed by atoms with Crippen molar-refractivity contribution in [3.05, 3.63) is 27.7 Å². The maximum Gasteiger partial charge on any atom is 0.0595 e. The quantitative estimate of drug-likeness (QED) is 0.746. The van der Waals surface area contributed by atoms with Crippen molar-refractivity contribution in [1.82, 2.24) is 0 Å². The molecule has 2 rings (SSSR count). The summed E-state index contributed by atoms with van der Waals surface area (Å²) in [6.45, 7) is 4.53. The molecular weight excluding hydrogens is 249 g/mol. The van der Waals surface area contributed by atoms with Crippen LogP contribution < -0.4 is 4.90 Å². The van der Waals surface area contributed by atoms with Crippen LogP contribution >= 0.6 is 27.5 Å². The van der Waals surface area contributed by atoms with Crippen LogP contribution in [0.1, 0.15) is 6.92 Å². The molecule has 0 aromatic heterocycles. The van der Waals surface area contributed by atoms with Crippen LogP contribution in [0.15, 0.2) is 22.7 Å². The standard InChI is InChI=1S/C10H11BrClN/c1-7-5-13(6-7)9-4-2-3-8(12)10(9)11/h2-4,7H,5-6H2,1H3. The van der Waals surface area contributed by atoms with E-state index in [1.165, 1.54) is 5.69 Å². The van der Waals surface area contributed by atoms with Crippen LogP contribution in [0.4, 0.5) is 5.69 Å². The van der Waals surface area contributed by atoms with Crippen LogP contribution in [-0.4, -0.2) is 13.1 Å². The van der Waals surface area contributed by atoms with E-state index in [4.69, 9.17) is 11.6 Å². The summed E-state index contributed by atoms with van der Waals surface area (Å²) in [7, 11) is 0. The van der Waals surface area contributed by atoms with E-state index in [1.54, 1.807) is 0 Å². The molecule has 0 radical (unpaired) electrons. The molecule has 1 saturated heterocycles. The van der Waals surface area contributed by atoms with Crippen molar-refractivity contribution in [2.24, 2.45) is 5.92 Å². The Kier molecular flexibility index (Phi) is 2.52. The van der Waals surface area contributed by atoms with Gasteiger partial charge in [-0.3, -0.25) is 0 Å². The Morgan fingerprint density at radius 3 is 2.77 bits per heavy atom. The van der Waals surface area contributed by atoms with Crippen molar-refractivity contribution in [3.63, 3.8) is 0 Å². The summed E-state index contributed by atoms with van der Waals surface area (Å²) in [4.78, 5) is 2.33. The molecule has 13 heavy (non-hydrogen) atoms. The minimum atomic E-state index is 0.789. The molecule has 0 amide bonds. The van der Waals surface area contributed by atoms with Gasteiger partial charge in [-0.15, -0.1) is 0 Å². The second-order valence-electron chi connectivity index (χ2n) is 3.58. The zero-order valence-electron chi connectivity index (χ0n) is 7.43. The minimum absolute atomic E-state index is 0.789. The highest BCUT2D eigenvalue weighted by molar-refractivity contribution is 9.10. The molecule has 0 saturated carbocycles. The van der Waals surface area contributed by atoms with Crippen LogP contribution in [-0.2, 0) is 0 Å². The van der Waals surface area contributed by atoms with Crippen molar-refractivity contribution in [2.45, 2.75) is 6.92 Å². The molecule has 0 atom stereocenters. The van der Waals surface area contributed by atoms with Crippen molar-refractivity contribution in [2.75, 3.05) is 18.0 Å². The maximum atomic E-state index is 6.00. The lowest BCUT2D eigenvalue weighted by Crippen LogP contribution is -2.45. The number of rotatable bonds is 1. The zero-order chi connectivity index (χ0) is 9.42. The fourth-order valence-electron chi connectivity index (χ4n) is 1.63. The van der Waals surface area contributed by atoms with Gasteiger partial charge in [0.25, 0.3) is 0 Å². The number of benzene rings is 1. The van der Waals surface area contributed by atoms with E-state index in [1.807, 2.05) is 12.1 Å². The Bertz CT molecular complexity index is 321. The number of nitrogens with zero attached hydrogens (tertiary/aromatic N) is 1. The third kappa shape index (κ3) is 1.70. The molecule has 3 heteroatoms. The molecule has 0 N–H and O–H groups in total. The molecule has 0 aliphatic carbocycles. The van der Waals surface area contributed by atoms with Crippen molar-refractivity contribution < 1.29 is 0 Å². The molecule has 1 fully saturated rings. The van der Waals surface area contributed by atoms with Gasteiger partial charge in [0.1, 0.15) is 0 Å². The Hall–Kier alpha value is -0.210. The smallest absolute Gasteiger partial charge is 0.0595 e. The Labute approximate surface area is 91.8 Å². The van der Waals surface area contributed by atoms with Gasteiger partial charge in [-0.05, 0) is 34.0 Å². The van der Waals surface area contributed by atoms with Gasteiger partial charge in [0.15, 0.2) is 0 Å². The first-order valence-corrected chi connectivity index (χ1v) is 5.54. The van der Waals surface area contributed by atoms with Crippen LogP contribution in [0.25, 0.3) is 0 Å². The fraction of sp³-hybridized carbons (Fsp3) is 0.400. The first-order chi connectivity index (χ1) is 6.18. The van der Waals surface area contributed by atoms with Gasteiger partial charge >= 0.3 is 0 Å². The van der Waals surface area contributed by atoms with Gasteiger partial charge in [0, 0.05) is 13.1 Å². The maximum absolute atomic E-state index is 6.00. The van der Waals surface area contributed by atoms with Crippen LogP contribution in [0.5, 0.6) is 0 Å². The Morgan fingerprint density at radius 1 is 1.46 bits per heavy atom. The van der Waals surface area contributed by atoms with E-state index < -0.39 is 0 Å². The van der Waals surface area contributed by atoms with Crippen molar-refractivity contribution in [3.8, 4) is 0 Å². The predicted octanol–water partition coefficient (Wildman–Crippen LogP) is 3.56. The summed E-state index contributed by atoms with van der Waals surface area (Å²) in [6, 6.07) is 5.99.